The minimum absolute atomic E-state index is 0. The number of aliphatic hydroxyl groups excluding tert-OH is 1. The predicted octanol–water partition coefficient (Wildman–Crippen LogP) is 1.31. The summed E-state index contributed by atoms with van der Waals surface area (Å²) in [5.41, 5.74) is 6.16. The first-order valence-corrected chi connectivity index (χ1v) is 7.31. The Kier molecular flexibility index (Phi) is 6.57. The van der Waals surface area contributed by atoms with E-state index in [1.165, 1.54) is 12.8 Å². The van der Waals surface area contributed by atoms with Crippen molar-refractivity contribution in [3.63, 3.8) is 0 Å². The molecule has 2 saturated carbocycles. The monoisotopic (exact) mass is 290 g/mol. The molecule has 0 aromatic heterocycles. The van der Waals surface area contributed by atoms with Crippen LogP contribution in [0.4, 0.5) is 0 Å². The van der Waals surface area contributed by atoms with E-state index in [9.17, 15) is 4.79 Å². The zero-order valence-electron chi connectivity index (χ0n) is 11.7. The van der Waals surface area contributed by atoms with E-state index in [-0.39, 0.29) is 36.9 Å². The summed E-state index contributed by atoms with van der Waals surface area (Å²) < 4.78 is 0. The van der Waals surface area contributed by atoms with Gasteiger partial charge in [-0.2, -0.15) is 0 Å². The Morgan fingerprint density at radius 1 is 1.42 bits per heavy atom. The average Bonchev–Trinajstić information content (AvgIpc) is 2.94. The van der Waals surface area contributed by atoms with E-state index in [0.717, 1.165) is 19.3 Å². The Hall–Kier alpha value is -0.320. The standard InChI is InChI=1S/C14H26N2O2.ClH/c1-2-9(5-6-17)8-16-14(18)12-10-3-4-11(7-10)13(12)15;/h9-13,17H,2-8,15H2,1H3,(H,16,18);1H. The second kappa shape index (κ2) is 7.46. The van der Waals surface area contributed by atoms with Gasteiger partial charge in [0.2, 0.25) is 5.91 Å². The molecule has 0 saturated heterocycles. The van der Waals surface area contributed by atoms with Gasteiger partial charge in [-0.05, 0) is 43.4 Å². The molecule has 5 atom stereocenters. The van der Waals surface area contributed by atoms with E-state index in [1.807, 2.05) is 0 Å². The molecule has 0 aliphatic heterocycles. The second-order valence-electron chi connectivity index (χ2n) is 5.97. The number of hydrogen-bond donors (Lipinski definition) is 3. The first kappa shape index (κ1) is 16.7. The molecule has 0 radical (unpaired) electrons. The molecule has 2 aliphatic rings. The highest BCUT2D eigenvalue weighted by Gasteiger charge is 2.48. The first-order valence-electron chi connectivity index (χ1n) is 7.31. The Balaban J connectivity index is 0.00000180. The van der Waals surface area contributed by atoms with Crippen molar-refractivity contribution >= 4 is 18.3 Å². The van der Waals surface area contributed by atoms with Crippen LogP contribution in [0.3, 0.4) is 0 Å². The van der Waals surface area contributed by atoms with Gasteiger partial charge in [0.05, 0.1) is 5.92 Å². The Morgan fingerprint density at radius 2 is 2.11 bits per heavy atom. The Bertz CT molecular complexity index is 299. The van der Waals surface area contributed by atoms with Crippen LogP contribution in [0, 0.1) is 23.7 Å². The summed E-state index contributed by atoms with van der Waals surface area (Å²) >= 11 is 0. The molecule has 19 heavy (non-hydrogen) atoms. The molecule has 112 valence electrons. The van der Waals surface area contributed by atoms with Crippen molar-refractivity contribution in [1.82, 2.24) is 5.32 Å². The van der Waals surface area contributed by atoms with Gasteiger partial charge in [-0.1, -0.05) is 13.3 Å². The number of aliphatic hydroxyl groups is 1. The van der Waals surface area contributed by atoms with Gasteiger partial charge < -0.3 is 16.2 Å². The normalized spacial score (nSPS) is 33.8. The van der Waals surface area contributed by atoms with E-state index in [2.05, 4.69) is 12.2 Å². The van der Waals surface area contributed by atoms with Crippen LogP contribution in [0.1, 0.15) is 39.0 Å². The van der Waals surface area contributed by atoms with Crippen LogP contribution in [0.15, 0.2) is 0 Å². The van der Waals surface area contributed by atoms with E-state index < -0.39 is 0 Å². The molecule has 2 bridgehead atoms. The van der Waals surface area contributed by atoms with Crippen molar-refractivity contribution in [3.05, 3.63) is 0 Å². The van der Waals surface area contributed by atoms with E-state index in [1.54, 1.807) is 0 Å². The molecule has 4 N–H and O–H groups in total. The lowest BCUT2D eigenvalue weighted by molar-refractivity contribution is -0.127. The number of fused-ring (bicyclic) bond motifs is 2. The van der Waals surface area contributed by atoms with Crippen molar-refractivity contribution in [3.8, 4) is 0 Å². The molecule has 2 fully saturated rings. The molecule has 0 heterocycles. The van der Waals surface area contributed by atoms with Gasteiger partial charge in [-0.3, -0.25) is 4.79 Å². The zero-order chi connectivity index (χ0) is 13.1. The molecule has 0 aromatic rings. The molecule has 5 heteroatoms. The first-order chi connectivity index (χ1) is 8.67. The third kappa shape index (κ3) is 3.61. The third-order valence-corrected chi connectivity index (χ3v) is 4.96. The number of hydrogen-bond acceptors (Lipinski definition) is 3. The fourth-order valence-electron chi connectivity index (χ4n) is 3.72. The van der Waals surface area contributed by atoms with Crippen LogP contribution >= 0.6 is 12.4 Å². The molecule has 4 nitrogen and oxygen atoms in total. The number of nitrogens with one attached hydrogen (secondary N) is 1. The predicted molar refractivity (Wildman–Crippen MR) is 78.0 cm³/mol. The maximum Gasteiger partial charge on any atom is 0.224 e. The van der Waals surface area contributed by atoms with Gasteiger partial charge in [0.25, 0.3) is 0 Å². The van der Waals surface area contributed by atoms with Crippen LogP contribution in [0.2, 0.25) is 0 Å². The van der Waals surface area contributed by atoms with Crippen LogP contribution in [0.5, 0.6) is 0 Å². The highest BCUT2D eigenvalue weighted by Crippen LogP contribution is 2.47. The lowest BCUT2D eigenvalue weighted by atomic mass is 9.84. The van der Waals surface area contributed by atoms with Gasteiger partial charge in [-0.25, -0.2) is 0 Å². The highest BCUT2D eigenvalue weighted by atomic mass is 35.5. The highest BCUT2D eigenvalue weighted by molar-refractivity contribution is 5.85. The molecule has 0 spiro atoms. The molecular formula is C14H27ClN2O2. The molecule has 1 amide bonds. The smallest absolute Gasteiger partial charge is 0.224 e. The number of halogens is 1. The molecule has 2 rings (SSSR count). The minimum atomic E-state index is 0. The summed E-state index contributed by atoms with van der Waals surface area (Å²) in [6, 6.07) is 0.0710. The number of rotatable bonds is 6. The molecular weight excluding hydrogens is 264 g/mol. The fourth-order valence-corrected chi connectivity index (χ4v) is 3.72. The summed E-state index contributed by atoms with van der Waals surface area (Å²) in [6.07, 6.45) is 5.28. The van der Waals surface area contributed by atoms with Gasteiger partial charge >= 0.3 is 0 Å². The van der Waals surface area contributed by atoms with Crippen molar-refractivity contribution in [2.24, 2.45) is 29.4 Å². The van der Waals surface area contributed by atoms with Gasteiger partial charge in [-0.15, -0.1) is 12.4 Å². The molecule has 5 unspecified atom stereocenters. The number of nitrogens with two attached hydrogens (primary N) is 1. The van der Waals surface area contributed by atoms with Gasteiger partial charge in [0, 0.05) is 19.2 Å². The van der Waals surface area contributed by atoms with Gasteiger partial charge in [0.15, 0.2) is 0 Å². The summed E-state index contributed by atoms with van der Waals surface area (Å²) in [5.74, 6) is 1.66. The maximum absolute atomic E-state index is 12.2. The van der Waals surface area contributed by atoms with Crippen LogP contribution in [0.25, 0.3) is 0 Å². The van der Waals surface area contributed by atoms with Crippen molar-refractivity contribution in [2.75, 3.05) is 13.2 Å². The van der Waals surface area contributed by atoms with Crippen molar-refractivity contribution < 1.29 is 9.90 Å². The number of carbonyl (C=O) groups excluding carboxylic acids is 1. The largest absolute Gasteiger partial charge is 0.396 e. The molecule has 2 aliphatic carbocycles. The summed E-state index contributed by atoms with van der Waals surface area (Å²) in [7, 11) is 0. The maximum atomic E-state index is 12.2. The Morgan fingerprint density at radius 3 is 2.63 bits per heavy atom. The number of carbonyl (C=O) groups is 1. The summed E-state index contributed by atoms with van der Waals surface area (Å²) in [5, 5.41) is 12.0. The average molecular weight is 291 g/mol. The van der Waals surface area contributed by atoms with Crippen LogP contribution in [-0.2, 0) is 4.79 Å². The molecule has 0 aromatic carbocycles. The third-order valence-electron chi connectivity index (χ3n) is 4.96. The lowest BCUT2D eigenvalue weighted by Gasteiger charge is -2.27. The van der Waals surface area contributed by atoms with Crippen LogP contribution < -0.4 is 11.1 Å². The van der Waals surface area contributed by atoms with E-state index in [4.69, 9.17) is 10.8 Å². The van der Waals surface area contributed by atoms with E-state index in [0.29, 0.717) is 24.3 Å². The lowest BCUT2D eigenvalue weighted by Crippen LogP contribution is -2.46. The van der Waals surface area contributed by atoms with E-state index >= 15 is 0 Å². The topological polar surface area (TPSA) is 75.3 Å². The van der Waals surface area contributed by atoms with Gasteiger partial charge in [0.1, 0.15) is 0 Å². The summed E-state index contributed by atoms with van der Waals surface area (Å²) in [6.45, 7) is 2.97. The SMILES string of the molecule is CCC(CCO)CNC(=O)C1C2CCC(C2)C1N.Cl. The van der Waals surface area contributed by atoms with Crippen LogP contribution in [-0.4, -0.2) is 30.2 Å². The van der Waals surface area contributed by atoms with Crippen molar-refractivity contribution in [1.29, 1.82) is 0 Å². The number of amides is 1. The fraction of sp³-hybridized carbons (Fsp3) is 0.929. The second-order valence-corrected chi connectivity index (χ2v) is 5.97. The minimum Gasteiger partial charge on any atom is -0.396 e. The quantitative estimate of drug-likeness (QED) is 0.690. The summed E-state index contributed by atoms with van der Waals surface area (Å²) in [4.78, 5) is 12.2. The Labute approximate surface area is 121 Å². The zero-order valence-corrected chi connectivity index (χ0v) is 12.5. The van der Waals surface area contributed by atoms with Crippen molar-refractivity contribution in [2.45, 2.75) is 45.1 Å².